The molecular weight excluding hydrogens is 160 g/mol. The van der Waals surface area contributed by atoms with Crippen molar-refractivity contribution >= 4 is 0 Å². The Kier molecular flexibility index (Phi) is 7.29. The maximum atomic E-state index is 5.75. The van der Waals surface area contributed by atoms with Crippen molar-refractivity contribution in [3.8, 4) is 0 Å². The van der Waals surface area contributed by atoms with E-state index >= 15 is 0 Å². The minimum atomic E-state index is 0.680. The second-order valence-electron chi connectivity index (χ2n) is 4.22. The highest BCUT2D eigenvalue weighted by molar-refractivity contribution is 4.66. The summed E-state index contributed by atoms with van der Waals surface area (Å²) < 4.78 is 0. The van der Waals surface area contributed by atoms with Crippen LogP contribution in [-0.2, 0) is 0 Å². The minimum absolute atomic E-state index is 0.680. The summed E-state index contributed by atoms with van der Waals surface area (Å²) >= 11 is 0. The van der Waals surface area contributed by atoms with Gasteiger partial charge in [0, 0.05) is 6.54 Å². The summed E-state index contributed by atoms with van der Waals surface area (Å²) in [6.45, 7) is 13.3. The molecule has 0 saturated carbocycles. The number of hydrogen-bond donors (Lipinski definition) is 1. The van der Waals surface area contributed by atoms with E-state index in [1.807, 2.05) is 0 Å². The molecule has 0 rings (SSSR count). The first-order chi connectivity index (χ1) is 6.13. The highest BCUT2D eigenvalue weighted by atomic mass is 15.1. The fourth-order valence-electron chi connectivity index (χ4n) is 1.76. The van der Waals surface area contributed by atoms with E-state index in [9.17, 15) is 0 Å². The van der Waals surface area contributed by atoms with Gasteiger partial charge in [-0.05, 0) is 37.9 Å². The Morgan fingerprint density at radius 3 is 2.00 bits per heavy atom. The van der Waals surface area contributed by atoms with Crippen LogP contribution in [0.2, 0.25) is 0 Å². The summed E-state index contributed by atoms with van der Waals surface area (Å²) in [5.74, 6) is 1.45. The molecule has 2 heteroatoms. The Morgan fingerprint density at radius 2 is 1.69 bits per heavy atom. The number of nitrogens with zero attached hydrogens (tertiary/aromatic N) is 1. The second-order valence-corrected chi connectivity index (χ2v) is 4.22. The summed E-state index contributed by atoms with van der Waals surface area (Å²) in [6, 6.07) is 0. The molecule has 0 spiro atoms. The zero-order valence-corrected chi connectivity index (χ0v) is 9.71. The normalized spacial score (nSPS) is 14.1. The molecule has 0 aliphatic rings. The van der Waals surface area contributed by atoms with E-state index in [2.05, 4.69) is 32.6 Å². The molecule has 0 aliphatic heterocycles. The van der Waals surface area contributed by atoms with Crippen molar-refractivity contribution in [2.75, 3.05) is 26.2 Å². The van der Waals surface area contributed by atoms with Gasteiger partial charge in [-0.2, -0.15) is 0 Å². The molecular formula is C11H26N2. The van der Waals surface area contributed by atoms with Gasteiger partial charge < -0.3 is 10.6 Å². The van der Waals surface area contributed by atoms with E-state index in [0.29, 0.717) is 5.92 Å². The average molecular weight is 186 g/mol. The molecule has 80 valence electrons. The van der Waals surface area contributed by atoms with Gasteiger partial charge in [-0.15, -0.1) is 0 Å². The lowest BCUT2D eigenvalue weighted by atomic mass is 9.96. The Hall–Kier alpha value is -0.0800. The van der Waals surface area contributed by atoms with Crippen molar-refractivity contribution in [3.63, 3.8) is 0 Å². The van der Waals surface area contributed by atoms with Crippen molar-refractivity contribution in [2.24, 2.45) is 17.6 Å². The van der Waals surface area contributed by atoms with Gasteiger partial charge in [0.25, 0.3) is 0 Å². The maximum absolute atomic E-state index is 5.75. The quantitative estimate of drug-likeness (QED) is 0.658. The topological polar surface area (TPSA) is 29.3 Å². The molecule has 0 aromatic carbocycles. The zero-order chi connectivity index (χ0) is 10.3. The molecule has 0 aromatic rings. The molecule has 0 fully saturated rings. The van der Waals surface area contributed by atoms with Gasteiger partial charge in [0.05, 0.1) is 0 Å². The van der Waals surface area contributed by atoms with Gasteiger partial charge in [0.15, 0.2) is 0 Å². The van der Waals surface area contributed by atoms with Crippen LogP contribution in [0.25, 0.3) is 0 Å². The maximum Gasteiger partial charge on any atom is 0.00216 e. The van der Waals surface area contributed by atoms with Crippen LogP contribution < -0.4 is 5.73 Å². The van der Waals surface area contributed by atoms with Crippen LogP contribution in [0, 0.1) is 11.8 Å². The molecule has 13 heavy (non-hydrogen) atoms. The predicted molar refractivity (Wildman–Crippen MR) is 59.8 cm³/mol. The summed E-state index contributed by atoms with van der Waals surface area (Å²) in [4.78, 5) is 2.46. The molecule has 0 aliphatic carbocycles. The van der Waals surface area contributed by atoms with Crippen LogP contribution in [0.5, 0.6) is 0 Å². The van der Waals surface area contributed by atoms with Gasteiger partial charge in [0.1, 0.15) is 0 Å². The lowest BCUT2D eigenvalue weighted by Crippen LogP contribution is -2.33. The van der Waals surface area contributed by atoms with Crippen LogP contribution in [-0.4, -0.2) is 31.1 Å². The number of rotatable bonds is 7. The SMILES string of the molecule is CCN(CC)CC(CN)CC(C)C. The molecule has 2 N–H and O–H groups in total. The monoisotopic (exact) mass is 186 g/mol. The highest BCUT2D eigenvalue weighted by Gasteiger charge is 2.11. The first-order valence-electron chi connectivity index (χ1n) is 5.56. The summed E-state index contributed by atoms with van der Waals surface area (Å²) in [5.41, 5.74) is 5.75. The van der Waals surface area contributed by atoms with E-state index in [1.165, 1.54) is 13.0 Å². The summed E-state index contributed by atoms with van der Waals surface area (Å²) in [7, 11) is 0. The van der Waals surface area contributed by atoms with E-state index in [4.69, 9.17) is 5.73 Å². The fraction of sp³-hybridized carbons (Fsp3) is 1.00. The van der Waals surface area contributed by atoms with Crippen molar-refractivity contribution in [1.82, 2.24) is 4.90 Å². The molecule has 1 unspecified atom stereocenters. The van der Waals surface area contributed by atoms with Crippen LogP contribution in [0.15, 0.2) is 0 Å². The van der Waals surface area contributed by atoms with Gasteiger partial charge in [0.2, 0.25) is 0 Å². The van der Waals surface area contributed by atoms with Gasteiger partial charge >= 0.3 is 0 Å². The van der Waals surface area contributed by atoms with Crippen LogP contribution in [0.3, 0.4) is 0 Å². The molecule has 2 nitrogen and oxygen atoms in total. The van der Waals surface area contributed by atoms with Crippen molar-refractivity contribution < 1.29 is 0 Å². The standard InChI is InChI=1S/C11H26N2/c1-5-13(6-2)9-11(8-12)7-10(3)4/h10-11H,5-9,12H2,1-4H3. The second kappa shape index (κ2) is 7.34. The first-order valence-corrected chi connectivity index (χ1v) is 5.56. The van der Waals surface area contributed by atoms with Crippen molar-refractivity contribution in [1.29, 1.82) is 0 Å². The smallest absolute Gasteiger partial charge is 0.00216 e. The molecule has 1 atom stereocenters. The summed E-state index contributed by atoms with van der Waals surface area (Å²) in [5, 5.41) is 0. The molecule has 0 saturated heterocycles. The largest absolute Gasteiger partial charge is 0.330 e. The number of hydrogen-bond acceptors (Lipinski definition) is 2. The van der Waals surface area contributed by atoms with E-state index in [0.717, 1.165) is 25.6 Å². The Balaban J connectivity index is 3.80. The molecule has 0 bridgehead atoms. The third-order valence-corrected chi connectivity index (χ3v) is 2.55. The van der Waals surface area contributed by atoms with Gasteiger partial charge in [-0.1, -0.05) is 27.7 Å². The van der Waals surface area contributed by atoms with Gasteiger partial charge in [-0.3, -0.25) is 0 Å². The van der Waals surface area contributed by atoms with E-state index in [1.54, 1.807) is 0 Å². The molecule has 0 amide bonds. The Bertz CT molecular complexity index is 109. The van der Waals surface area contributed by atoms with Gasteiger partial charge in [-0.25, -0.2) is 0 Å². The average Bonchev–Trinajstić information content (AvgIpc) is 2.11. The van der Waals surface area contributed by atoms with Crippen LogP contribution in [0.1, 0.15) is 34.1 Å². The first kappa shape index (κ1) is 12.9. The lowest BCUT2D eigenvalue weighted by Gasteiger charge is -2.25. The highest BCUT2D eigenvalue weighted by Crippen LogP contribution is 2.11. The fourth-order valence-corrected chi connectivity index (χ4v) is 1.76. The third-order valence-electron chi connectivity index (χ3n) is 2.55. The van der Waals surface area contributed by atoms with E-state index in [-0.39, 0.29) is 0 Å². The van der Waals surface area contributed by atoms with Crippen molar-refractivity contribution in [3.05, 3.63) is 0 Å². The Morgan fingerprint density at radius 1 is 1.15 bits per heavy atom. The Labute approximate surface area is 83.5 Å². The molecule has 0 aromatic heterocycles. The lowest BCUT2D eigenvalue weighted by molar-refractivity contribution is 0.236. The van der Waals surface area contributed by atoms with Crippen LogP contribution >= 0.6 is 0 Å². The summed E-state index contributed by atoms with van der Waals surface area (Å²) in [6.07, 6.45) is 1.26. The van der Waals surface area contributed by atoms with E-state index < -0.39 is 0 Å². The number of nitrogens with two attached hydrogens (primary N) is 1. The minimum Gasteiger partial charge on any atom is -0.330 e. The predicted octanol–water partition coefficient (Wildman–Crippen LogP) is 1.95. The zero-order valence-electron chi connectivity index (χ0n) is 9.71. The molecule has 0 heterocycles. The van der Waals surface area contributed by atoms with Crippen molar-refractivity contribution in [2.45, 2.75) is 34.1 Å². The van der Waals surface area contributed by atoms with Crippen LogP contribution in [0.4, 0.5) is 0 Å². The molecule has 0 radical (unpaired) electrons. The third kappa shape index (κ3) is 6.05.